The molecule has 0 saturated carbocycles. The Kier molecular flexibility index (Phi) is 5.22. The van der Waals surface area contributed by atoms with Crippen LogP contribution in [0.4, 0.5) is 5.69 Å². The van der Waals surface area contributed by atoms with Crippen molar-refractivity contribution in [1.29, 1.82) is 0 Å². The fraction of sp³-hybridized carbons (Fsp3) is 0.208. The molecule has 0 unspecified atom stereocenters. The van der Waals surface area contributed by atoms with Crippen LogP contribution in [0.1, 0.15) is 22.8 Å². The summed E-state index contributed by atoms with van der Waals surface area (Å²) in [5.74, 6) is -0.154. The van der Waals surface area contributed by atoms with Crippen molar-refractivity contribution in [3.05, 3.63) is 71.9 Å². The van der Waals surface area contributed by atoms with E-state index in [9.17, 15) is 13.2 Å². The summed E-state index contributed by atoms with van der Waals surface area (Å²) >= 11 is 0. The summed E-state index contributed by atoms with van der Waals surface area (Å²) in [5, 5.41) is 5.12. The van der Waals surface area contributed by atoms with Gasteiger partial charge in [0.2, 0.25) is 10.0 Å². The van der Waals surface area contributed by atoms with Crippen LogP contribution in [0.2, 0.25) is 0 Å². The maximum atomic E-state index is 13.8. The van der Waals surface area contributed by atoms with Crippen molar-refractivity contribution in [2.45, 2.75) is 24.8 Å². The normalized spacial score (nSPS) is 13.5. The highest BCUT2D eigenvalue weighted by atomic mass is 32.2. The topological polar surface area (TPSA) is 97.2 Å². The third-order valence-electron chi connectivity index (χ3n) is 5.98. The van der Waals surface area contributed by atoms with Crippen LogP contribution in [0, 0.1) is 0 Å². The van der Waals surface area contributed by atoms with Gasteiger partial charge in [0.15, 0.2) is 5.65 Å². The molecule has 5 rings (SSSR count). The van der Waals surface area contributed by atoms with E-state index in [1.54, 1.807) is 27.9 Å². The third-order valence-corrected chi connectivity index (χ3v) is 7.39. The second kappa shape index (κ2) is 8.09. The Morgan fingerprint density at radius 3 is 2.64 bits per heavy atom. The summed E-state index contributed by atoms with van der Waals surface area (Å²) in [4.78, 5) is 20.5. The molecular formula is C24H23N5O3S. The van der Waals surface area contributed by atoms with E-state index in [1.165, 1.54) is 13.1 Å². The molecule has 1 amide bonds. The minimum Gasteiger partial charge on any atom is -0.308 e. The largest absolute Gasteiger partial charge is 0.308 e. The molecule has 2 aromatic heterocycles. The third kappa shape index (κ3) is 3.59. The first kappa shape index (κ1) is 21.3. The number of anilines is 1. The van der Waals surface area contributed by atoms with E-state index in [-0.39, 0.29) is 10.8 Å². The first-order chi connectivity index (χ1) is 15.9. The predicted octanol–water partition coefficient (Wildman–Crippen LogP) is 3.23. The summed E-state index contributed by atoms with van der Waals surface area (Å²) in [7, 11) is -2.16. The van der Waals surface area contributed by atoms with Gasteiger partial charge >= 0.3 is 0 Å². The van der Waals surface area contributed by atoms with Crippen LogP contribution in [0.15, 0.2) is 65.7 Å². The monoisotopic (exact) mass is 461 g/mol. The highest BCUT2D eigenvalue weighted by molar-refractivity contribution is 7.89. The lowest BCUT2D eigenvalue weighted by molar-refractivity contribution is 0.0991. The molecule has 0 spiro atoms. The first-order valence-corrected chi connectivity index (χ1v) is 12.2. The second-order valence-electron chi connectivity index (χ2n) is 7.82. The minimum atomic E-state index is -3.55. The van der Waals surface area contributed by atoms with Crippen molar-refractivity contribution in [3.8, 4) is 11.3 Å². The number of nitrogens with zero attached hydrogens (tertiary/aromatic N) is 4. The number of hydrogen-bond donors (Lipinski definition) is 1. The number of carbonyl (C=O) groups is 1. The summed E-state index contributed by atoms with van der Waals surface area (Å²) < 4.78 is 28.5. The lowest BCUT2D eigenvalue weighted by atomic mass is 10.1. The van der Waals surface area contributed by atoms with E-state index in [0.29, 0.717) is 41.8 Å². The number of pyridine rings is 1. The zero-order valence-electron chi connectivity index (χ0n) is 18.3. The molecule has 2 aromatic carbocycles. The van der Waals surface area contributed by atoms with E-state index < -0.39 is 10.0 Å². The van der Waals surface area contributed by atoms with Crippen LogP contribution < -0.4 is 9.62 Å². The molecule has 3 heterocycles. The van der Waals surface area contributed by atoms with Gasteiger partial charge in [-0.3, -0.25) is 4.79 Å². The lowest BCUT2D eigenvalue weighted by Gasteiger charge is -2.19. The highest BCUT2D eigenvalue weighted by Crippen LogP contribution is 2.33. The Hall–Kier alpha value is -3.56. The quantitative estimate of drug-likeness (QED) is 0.492. The molecule has 0 atom stereocenters. The number of aromatic nitrogens is 3. The molecule has 33 heavy (non-hydrogen) atoms. The second-order valence-corrected chi connectivity index (χ2v) is 9.71. The van der Waals surface area contributed by atoms with Gasteiger partial charge in [0.05, 0.1) is 27.7 Å². The molecule has 1 N–H and O–H groups in total. The van der Waals surface area contributed by atoms with Crippen molar-refractivity contribution in [2.75, 3.05) is 18.5 Å². The van der Waals surface area contributed by atoms with Crippen molar-refractivity contribution in [2.24, 2.45) is 0 Å². The Labute approximate surface area is 191 Å². The molecule has 0 aliphatic carbocycles. The van der Waals surface area contributed by atoms with Crippen molar-refractivity contribution in [3.63, 3.8) is 0 Å². The van der Waals surface area contributed by atoms with Gasteiger partial charge in [0.25, 0.3) is 5.91 Å². The Morgan fingerprint density at radius 1 is 1.12 bits per heavy atom. The van der Waals surface area contributed by atoms with E-state index in [4.69, 9.17) is 4.98 Å². The molecule has 8 nitrogen and oxygen atoms in total. The molecular weight excluding hydrogens is 438 g/mol. The summed E-state index contributed by atoms with van der Waals surface area (Å²) in [6.07, 6.45) is 2.27. The fourth-order valence-corrected chi connectivity index (χ4v) is 5.01. The molecule has 9 heteroatoms. The average molecular weight is 462 g/mol. The zero-order chi connectivity index (χ0) is 23.2. The average Bonchev–Trinajstić information content (AvgIpc) is 3.47. The van der Waals surface area contributed by atoms with E-state index in [0.717, 1.165) is 16.8 Å². The highest BCUT2D eigenvalue weighted by Gasteiger charge is 2.29. The summed E-state index contributed by atoms with van der Waals surface area (Å²) in [6, 6.07) is 16.4. The van der Waals surface area contributed by atoms with Gasteiger partial charge in [-0.1, -0.05) is 30.3 Å². The number of nitrogens with one attached hydrogen (secondary N) is 1. The molecule has 4 aromatic rings. The number of benzene rings is 2. The molecule has 168 valence electrons. The van der Waals surface area contributed by atoms with Crippen LogP contribution in [0.3, 0.4) is 0 Å². The van der Waals surface area contributed by atoms with Gasteiger partial charge in [-0.05, 0) is 50.2 Å². The summed E-state index contributed by atoms with van der Waals surface area (Å²) in [5.41, 5.74) is 4.37. The van der Waals surface area contributed by atoms with Gasteiger partial charge in [0, 0.05) is 24.3 Å². The molecule has 0 saturated heterocycles. The van der Waals surface area contributed by atoms with Gasteiger partial charge < -0.3 is 4.90 Å². The number of amides is 1. The Balaban J connectivity index is 1.61. The van der Waals surface area contributed by atoms with E-state index in [1.807, 2.05) is 43.3 Å². The van der Waals surface area contributed by atoms with Crippen LogP contribution in [-0.2, 0) is 23.0 Å². The van der Waals surface area contributed by atoms with Crippen molar-refractivity contribution < 1.29 is 13.2 Å². The van der Waals surface area contributed by atoms with Crippen LogP contribution in [0.5, 0.6) is 0 Å². The molecule has 1 aliphatic rings. The smallest absolute Gasteiger partial charge is 0.259 e. The maximum absolute atomic E-state index is 13.8. The molecule has 1 aliphatic heterocycles. The van der Waals surface area contributed by atoms with E-state index in [2.05, 4.69) is 9.82 Å². The maximum Gasteiger partial charge on any atom is 0.259 e. The van der Waals surface area contributed by atoms with Crippen molar-refractivity contribution in [1.82, 2.24) is 19.5 Å². The lowest BCUT2D eigenvalue weighted by Crippen LogP contribution is -2.29. The van der Waals surface area contributed by atoms with Crippen LogP contribution in [-0.4, -0.2) is 42.7 Å². The van der Waals surface area contributed by atoms with Gasteiger partial charge in [0.1, 0.15) is 0 Å². The Bertz CT molecular complexity index is 1480. The zero-order valence-corrected chi connectivity index (χ0v) is 19.1. The van der Waals surface area contributed by atoms with Crippen molar-refractivity contribution >= 4 is 32.7 Å². The van der Waals surface area contributed by atoms with Gasteiger partial charge in [-0.2, -0.15) is 5.10 Å². The number of carbonyl (C=O) groups excluding carboxylic acids is 1. The summed E-state index contributed by atoms with van der Waals surface area (Å²) in [6.45, 7) is 3.10. The Morgan fingerprint density at radius 2 is 1.91 bits per heavy atom. The number of hydrogen-bond acceptors (Lipinski definition) is 5. The number of sulfonamides is 1. The predicted molar refractivity (Wildman–Crippen MR) is 127 cm³/mol. The van der Waals surface area contributed by atoms with Gasteiger partial charge in [-0.25, -0.2) is 22.8 Å². The number of aryl methyl sites for hydroxylation is 1. The number of rotatable bonds is 5. The number of fused-ring (bicyclic) bond motifs is 2. The van der Waals surface area contributed by atoms with Crippen LogP contribution >= 0.6 is 0 Å². The standard InChI is InChI=1S/C24H23N5O3S/c1-3-29-23-20(15-26-29)19(14-21(27-23)16-7-5-4-6-8-16)24(30)28-12-11-17-13-18(9-10-22(17)28)33(31,32)25-2/h4-10,13-15,25H,3,11-12H2,1-2H3. The fourth-order valence-electron chi connectivity index (χ4n) is 4.23. The van der Waals surface area contributed by atoms with E-state index >= 15 is 0 Å². The van der Waals surface area contributed by atoms with Crippen LogP contribution in [0.25, 0.3) is 22.3 Å². The van der Waals surface area contributed by atoms with Gasteiger partial charge in [-0.15, -0.1) is 0 Å². The molecule has 0 radical (unpaired) electrons. The SMILES string of the molecule is CCn1ncc2c(C(=O)N3CCc4cc(S(=O)(=O)NC)ccc43)cc(-c3ccccc3)nc21. The first-order valence-electron chi connectivity index (χ1n) is 10.7. The molecule has 0 fully saturated rings. The molecule has 0 bridgehead atoms. The minimum absolute atomic E-state index is 0.154.